The van der Waals surface area contributed by atoms with Gasteiger partial charge in [-0.15, -0.1) is 0 Å². The number of aromatic nitrogens is 2. The predicted molar refractivity (Wildman–Crippen MR) is 62.8 cm³/mol. The number of nitrogens with one attached hydrogen (secondary N) is 1. The van der Waals surface area contributed by atoms with E-state index in [1.165, 1.54) is 0 Å². The van der Waals surface area contributed by atoms with Crippen molar-refractivity contribution in [1.29, 1.82) is 0 Å². The average molecular weight is 233 g/mol. The minimum absolute atomic E-state index is 0.261. The minimum atomic E-state index is 0.261. The molecule has 0 bridgehead atoms. The molecule has 0 aliphatic rings. The third kappa shape index (κ3) is 3.29. The van der Waals surface area contributed by atoms with Crippen LogP contribution in [0.1, 0.15) is 17.3 Å². The highest BCUT2D eigenvalue weighted by Crippen LogP contribution is 2.12. The molecule has 0 spiro atoms. The number of hydrogen-bond donors (Lipinski definition) is 2. The van der Waals surface area contributed by atoms with Gasteiger partial charge in [-0.3, -0.25) is 0 Å². The molecule has 0 fully saturated rings. The van der Waals surface area contributed by atoms with Crippen molar-refractivity contribution in [3.8, 4) is 5.75 Å². The molecule has 17 heavy (non-hydrogen) atoms. The third-order valence-electron chi connectivity index (χ3n) is 2.40. The third-order valence-corrected chi connectivity index (χ3v) is 2.40. The molecule has 2 N–H and O–H groups in total. The summed E-state index contributed by atoms with van der Waals surface area (Å²) in [5, 5.41) is 16.1. The second-order valence-electron chi connectivity index (χ2n) is 3.80. The van der Waals surface area contributed by atoms with Gasteiger partial charge in [-0.25, -0.2) is 0 Å². The second kappa shape index (κ2) is 5.45. The van der Waals surface area contributed by atoms with Crippen LogP contribution in [0.3, 0.4) is 0 Å². The van der Waals surface area contributed by atoms with E-state index in [2.05, 4.69) is 15.5 Å². The van der Waals surface area contributed by atoms with Crippen molar-refractivity contribution in [3.63, 3.8) is 0 Å². The summed E-state index contributed by atoms with van der Waals surface area (Å²) >= 11 is 0. The Labute approximate surface area is 99.5 Å². The summed E-state index contributed by atoms with van der Waals surface area (Å²) in [5.74, 6) is 1.58. The Morgan fingerprint density at radius 2 is 2.06 bits per heavy atom. The maximum Gasteiger partial charge on any atom is 0.227 e. The Kier molecular flexibility index (Phi) is 3.72. The van der Waals surface area contributed by atoms with Crippen LogP contribution >= 0.6 is 0 Å². The van der Waals surface area contributed by atoms with Crippen LogP contribution in [0.2, 0.25) is 0 Å². The summed E-state index contributed by atoms with van der Waals surface area (Å²) in [6.45, 7) is 0.820. The Morgan fingerprint density at radius 1 is 1.29 bits per heavy atom. The number of hydrogen-bond acceptors (Lipinski definition) is 5. The Morgan fingerprint density at radius 3 is 2.76 bits per heavy atom. The summed E-state index contributed by atoms with van der Waals surface area (Å²) in [5.41, 5.74) is 1.05. The van der Waals surface area contributed by atoms with Crippen molar-refractivity contribution in [2.24, 2.45) is 0 Å². The normalized spacial score (nSPS) is 10.6. The SMILES string of the molecule is CNCCc1nc(Cc2ccc(O)cc2)no1. The fourth-order valence-electron chi connectivity index (χ4n) is 1.49. The van der Waals surface area contributed by atoms with Gasteiger partial charge >= 0.3 is 0 Å². The zero-order valence-corrected chi connectivity index (χ0v) is 9.68. The van der Waals surface area contributed by atoms with Crippen LogP contribution in [0.25, 0.3) is 0 Å². The number of aromatic hydroxyl groups is 1. The Hall–Kier alpha value is -1.88. The number of phenolic OH excluding ortho intramolecular Hbond substituents is 1. The van der Waals surface area contributed by atoms with E-state index >= 15 is 0 Å². The molecule has 0 aliphatic heterocycles. The molecule has 2 rings (SSSR count). The summed E-state index contributed by atoms with van der Waals surface area (Å²) in [4.78, 5) is 4.29. The summed E-state index contributed by atoms with van der Waals surface area (Å²) in [7, 11) is 1.88. The highest BCUT2D eigenvalue weighted by atomic mass is 16.5. The zero-order valence-electron chi connectivity index (χ0n) is 9.68. The van der Waals surface area contributed by atoms with Crippen molar-refractivity contribution < 1.29 is 9.63 Å². The minimum Gasteiger partial charge on any atom is -0.508 e. The molecule has 0 unspecified atom stereocenters. The van der Waals surface area contributed by atoms with E-state index in [0.29, 0.717) is 18.1 Å². The quantitative estimate of drug-likeness (QED) is 0.810. The van der Waals surface area contributed by atoms with Crippen LogP contribution in [0.5, 0.6) is 5.75 Å². The first-order valence-corrected chi connectivity index (χ1v) is 5.52. The first-order chi connectivity index (χ1) is 8.28. The van der Waals surface area contributed by atoms with Crippen LogP contribution in [0.15, 0.2) is 28.8 Å². The second-order valence-corrected chi connectivity index (χ2v) is 3.80. The molecule has 1 aromatic heterocycles. The lowest BCUT2D eigenvalue weighted by Crippen LogP contribution is -2.10. The van der Waals surface area contributed by atoms with Crippen molar-refractivity contribution >= 4 is 0 Å². The molecular weight excluding hydrogens is 218 g/mol. The van der Waals surface area contributed by atoms with Crippen molar-refractivity contribution in [3.05, 3.63) is 41.5 Å². The fraction of sp³-hybridized carbons (Fsp3) is 0.333. The van der Waals surface area contributed by atoms with E-state index in [1.54, 1.807) is 12.1 Å². The number of likely N-dealkylation sites (N-methyl/N-ethyl adjacent to an activating group) is 1. The molecule has 2 aromatic rings. The highest BCUT2D eigenvalue weighted by Gasteiger charge is 2.06. The molecule has 1 heterocycles. The lowest BCUT2D eigenvalue weighted by Gasteiger charge is -1.96. The molecular formula is C12H15N3O2. The van der Waals surface area contributed by atoms with Crippen LogP contribution < -0.4 is 5.32 Å². The van der Waals surface area contributed by atoms with Gasteiger partial charge < -0.3 is 14.9 Å². The molecule has 90 valence electrons. The summed E-state index contributed by atoms with van der Waals surface area (Å²) in [6, 6.07) is 6.99. The predicted octanol–water partition coefficient (Wildman–Crippen LogP) is 1.13. The van der Waals surface area contributed by atoms with Crippen molar-refractivity contribution in [2.45, 2.75) is 12.8 Å². The van der Waals surface area contributed by atoms with Crippen LogP contribution in [-0.4, -0.2) is 28.8 Å². The van der Waals surface area contributed by atoms with Gasteiger partial charge in [0.2, 0.25) is 5.89 Å². The molecule has 0 saturated heterocycles. The van der Waals surface area contributed by atoms with Crippen molar-refractivity contribution in [1.82, 2.24) is 15.5 Å². The summed E-state index contributed by atoms with van der Waals surface area (Å²) in [6.07, 6.45) is 1.35. The number of rotatable bonds is 5. The maximum atomic E-state index is 9.17. The number of phenols is 1. The van der Waals surface area contributed by atoms with Gasteiger partial charge in [0, 0.05) is 19.4 Å². The van der Waals surface area contributed by atoms with Gasteiger partial charge in [0.05, 0.1) is 0 Å². The van der Waals surface area contributed by atoms with E-state index in [9.17, 15) is 0 Å². The smallest absolute Gasteiger partial charge is 0.227 e. The van der Waals surface area contributed by atoms with Gasteiger partial charge in [0.15, 0.2) is 5.82 Å². The molecule has 0 aliphatic carbocycles. The average Bonchev–Trinajstić information content (AvgIpc) is 2.77. The maximum absolute atomic E-state index is 9.17. The zero-order chi connectivity index (χ0) is 12.1. The topological polar surface area (TPSA) is 71.2 Å². The monoisotopic (exact) mass is 233 g/mol. The fourth-order valence-corrected chi connectivity index (χ4v) is 1.49. The lowest BCUT2D eigenvalue weighted by atomic mass is 10.1. The van der Waals surface area contributed by atoms with E-state index < -0.39 is 0 Å². The van der Waals surface area contributed by atoms with Gasteiger partial charge in [-0.2, -0.15) is 4.98 Å². The number of nitrogens with zero attached hydrogens (tertiary/aromatic N) is 2. The van der Waals surface area contributed by atoms with E-state index in [4.69, 9.17) is 9.63 Å². The Balaban J connectivity index is 1.98. The van der Waals surface area contributed by atoms with Crippen LogP contribution in [0, 0.1) is 0 Å². The van der Waals surface area contributed by atoms with E-state index in [0.717, 1.165) is 18.5 Å². The van der Waals surface area contributed by atoms with E-state index in [-0.39, 0.29) is 5.75 Å². The summed E-state index contributed by atoms with van der Waals surface area (Å²) < 4.78 is 5.11. The van der Waals surface area contributed by atoms with E-state index in [1.807, 2.05) is 19.2 Å². The van der Waals surface area contributed by atoms with Gasteiger partial charge in [-0.05, 0) is 24.7 Å². The highest BCUT2D eigenvalue weighted by molar-refractivity contribution is 5.27. The molecule has 1 aromatic carbocycles. The van der Waals surface area contributed by atoms with Gasteiger partial charge in [0.1, 0.15) is 5.75 Å². The standard InChI is InChI=1S/C12H15N3O2/c1-13-7-6-12-14-11(15-17-12)8-9-2-4-10(16)5-3-9/h2-5,13,16H,6-8H2,1H3. The molecule has 0 atom stereocenters. The van der Waals surface area contributed by atoms with Crippen molar-refractivity contribution in [2.75, 3.05) is 13.6 Å². The molecule has 5 nitrogen and oxygen atoms in total. The first kappa shape index (κ1) is 11.6. The molecule has 0 saturated carbocycles. The lowest BCUT2D eigenvalue weighted by molar-refractivity contribution is 0.372. The van der Waals surface area contributed by atoms with Crippen LogP contribution in [0.4, 0.5) is 0 Å². The van der Waals surface area contributed by atoms with Crippen LogP contribution in [-0.2, 0) is 12.8 Å². The van der Waals surface area contributed by atoms with Gasteiger partial charge in [0.25, 0.3) is 0 Å². The molecule has 5 heteroatoms. The first-order valence-electron chi connectivity index (χ1n) is 5.52. The Bertz CT molecular complexity index is 465. The molecule has 0 amide bonds. The largest absolute Gasteiger partial charge is 0.508 e. The van der Waals surface area contributed by atoms with Gasteiger partial charge in [-0.1, -0.05) is 17.3 Å². The number of benzene rings is 1. The molecule has 0 radical (unpaired) electrons.